The van der Waals surface area contributed by atoms with E-state index in [-0.39, 0.29) is 0 Å². The van der Waals surface area contributed by atoms with Gasteiger partial charge in [0, 0.05) is 12.2 Å². The van der Waals surface area contributed by atoms with E-state index in [1.54, 1.807) is 0 Å². The third kappa shape index (κ3) is 2.86. The highest BCUT2D eigenvalue weighted by Crippen LogP contribution is 2.32. The smallest absolute Gasteiger partial charge is 0.161 e. The lowest BCUT2D eigenvalue weighted by Gasteiger charge is -2.20. The molecule has 4 heteroatoms. The maximum Gasteiger partial charge on any atom is 0.161 e. The molecule has 4 nitrogen and oxygen atoms in total. The van der Waals surface area contributed by atoms with Crippen LogP contribution in [0, 0.1) is 0 Å². The minimum atomic E-state index is -0.592. The van der Waals surface area contributed by atoms with E-state index in [0.29, 0.717) is 25.5 Å². The summed E-state index contributed by atoms with van der Waals surface area (Å²) in [4.78, 5) is 0. The van der Waals surface area contributed by atoms with Crippen molar-refractivity contribution in [2.24, 2.45) is 0 Å². The molecule has 3 rings (SSSR count). The molecule has 1 aliphatic heterocycles. The van der Waals surface area contributed by atoms with Crippen molar-refractivity contribution < 1.29 is 14.6 Å². The van der Waals surface area contributed by atoms with Gasteiger partial charge in [-0.25, -0.2) is 0 Å². The molecule has 2 N–H and O–H groups in total. The fourth-order valence-electron chi connectivity index (χ4n) is 2.16. The standard InChI is InChI=1S/C16H17NO3/c18-14(11-17-13-4-2-1-3-5-13)12-6-7-15-16(10-12)20-9-8-19-15/h1-7,10,14,17-18H,8-9,11H2. The third-order valence-corrected chi connectivity index (χ3v) is 3.22. The molecule has 2 aromatic rings. The van der Waals surface area contributed by atoms with Crippen molar-refractivity contribution in [3.05, 3.63) is 54.1 Å². The number of benzene rings is 2. The van der Waals surface area contributed by atoms with Crippen molar-refractivity contribution in [3.8, 4) is 11.5 Å². The minimum Gasteiger partial charge on any atom is -0.486 e. The van der Waals surface area contributed by atoms with E-state index in [1.165, 1.54) is 0 Å². The predicted octanol–water partition coefficient (Wildman–Crippen LogP) is 2.60. The van der Waals surface area contributed by atoms with Gasteiger partial charge in [-0.2, -0.15) is 0 Å². The van der Waals surface area contributed by atoms with Crippen molar-refractivity contribution in [2.45, 2.75) is 6.10 Å². The number of hydrogen-bond donors (Lipinski definition) is 2. The van der Waals surface area contributed by atoms with Gasteiger partial charge in [0.1, 0.15) is 13.2 Å². The average molecular weight is 271 g/mol. The normalized spacial score (nSPS) is 14.7. The van der Waals surface area contributed by atoms with Crippen LogP contribution in [0.5, 0.6) is 11.5 Å². The Kier molecular flexibility index (Phi) is 3.74. The molecule has 1 atom stereocenters. The molecule has 0 bridgehead atoms. The second-order valence-corrected chi connectivity index (χ2v) is 4.67. The van der Waals surface area contributed by atoms with Gasteiger partial charge in [0.2, 0.25) is 0 Å². The van der Waals surface area contributed by atoms with Gasteiger partial charge >= 0.3 is 0 Å². The van der Waals surface area contributed by atoms with Gasteiger partial charge in [0.25, 0.3) is 0 Å². The first-order valence-corrected chi connectivity index (χ1v) is 6.69. The molecule has 2 aromatic carbocycles. The van der Waals surface area contributed by atoms with Crippen LogP contribution < -0.4 is 14.8 Å². The molecule has 0 saturated heterocycles. The Balaban J connectivity index is 1.66. The molecule has 20 heavy (non-hydrogen) atoms. The summed E-state index contributed by atoms with van der Waals surface area (Å²) in [6, 6.07) is 15.4. The molecule has 0 aliphatic carbocycles. The second kappa shape index (κ2) is 5.84. The molecule has 104 valence electrons. The topological polar surface area (TPSA) is 50.7 Å². The molecule has 0 spiro atoms. The molecule has 0 amide bonds. The van der Waals surface area contributed by atoms with Crippen molar-refractivity contribution in [1.82, 2.24) is 0 Å². The summed E-state index contributed by atoms with van der Waals surface area (Å²) in [5, 5.41) is 13.4. The molecule has 0 fully saturated rings. The number of hydrogen-bond acceptors (Lipinski definition) is 4. The van der Waals surface area contributed by atoms with Gasteiger partial charge in [-0.15, -0.1) is 0 Å². The van der Waals surface area contributed by atoms with Crippen LogP contribution in [0.2, 0.25) is 0 Å². The largest absolute Gasteiger partial charge is 0.486 e. The Morgan fingerprint density at radius 1 is 1.00 bits per heavy atom. The van der Waals surface area contributed by atoms with Crippen molar-refractivity contribution >= 4 is 5.69 Å². The first-order valence-electron chi connectivity index (χ1n) is 6.69. The van der Waals surface area contributed by atoms with Crippen LogP contribution in [0.25, 0.3) is 0 Å². The van der Waals surface area contributed by atoms with Gasteiger partial charge < -0.3 is 19.9 Å². The van der Waals surface area contributed by atoms with E-state index >= 15 is 0 Å². The Bertz CT molecular complexity index is 571. The first-order chi connectivity index (χ1) is 9.83. The maximum absolute atomic E-state index is 10.2. The Morgan fingerprint density at radius 3 is 2.55 bits per heavy atom. The van der Waals surface area contributed by atoms with Crippen LogP contribution in [0.4, 0.5) is 5.69 Å². The number of fused-ring (bicyclic) bond motifs is 1. The summed E-state index contributed by atoms with van der Waals surface area (Å²) in [6.07, 6.45) is -0.592. The fourth-order valence-corrected chi connectivity index (χ4v) is 2.16. The zero-order valence-electron chi connectivity index (χ0n) is 11.1. The number of nitrogens with one attached hydrogen (secondary N) is 1. The maximum atomic E-state index is 10.2. The van der Waals surface area contributed by atoms with Crippen LogP contribution in [0.1, 0.15) is 11.7 Å². The molecule has 1 heterocycles. The van der Waals surface area contributed by atoms with E-state index in [4.69, 9.17) is 9.47 Å². The molecule has 1 unspecified atom stereocenters. The van der Waals surface area contributed by atoms with Gasteiger partial charge in [0.15, 0.2) is 11.5 Å². The van der Waals surface area contributed by atoms with Crippen molar-refractivity contribution in [3.63, 3.8) is 0 Å². The molecule has 0 radical (unpaired) electrons. The number of aliphatic hydroxyl groups is 1. The van der Waals surface area contributed by atoms with Crippen LogP contribution in [-0.4, -0.2) is 24.9 Å². The van der Waals surface area contributed by atoms with Gasteiger partial charge in [-0.3, -0.25) is 0 Å². The van der Waals surface area contributed by atoms with E-state index in [9.17, 15) is 5.11 Å². The lowest BCUT2D eigenvalue weighted by atomic mass is 10.1. The van der Waals surface area contributed by atoms with E-state index in [1.807, 2.05) is 48.5 Å². The number of anilines is 1. The highest BCUT2D eigenvalue weighted by molar-refractivity contribution is 5.46. The highest BCUT2D eigenvalue weighted by atomic mass is 16.6. The molecule has 0 aromatic heterocycles. The zero-order chi connectivity index (χ0) is 13.8. The lowest BCUT2D eigenvalue weighted by molar-refractivity contribution is 0.167. The van der Waals surface area contributed by atoms with Crippen molar-refractivity contribution in [1.29, 1.82) is 0 Å². The number of para-hydroxylation sites is 1. The molecule has 0 saturated carbocycles. The van der Waals surface area contributed by atoms with Crippen LogP contribution in [-0.2, 0) is 0 Å². The number of rotatable bonds is 4. The van der Waals surface area contributed by atoms with E-state index in [2.05, 4.69) is 5.32 Å². The predicted molar refractivity (Wildman–Crippen MR) is 77.3 cm³/mol. The fraction of sp³-hybridized carbons (Fsp3) is 0.250. The summed E-state index contributed by atoms with van der Waals surface area (Å²) in [5.41, 5.74) is 1.81. The monoisotopic (exact) mass is 271 g/mol. The minimum absolute atomic E-state index is 0.448. The van der Waals surface area contributed by atoms with Gasteiger partial charge in [0.05, 0.1) is 6.10 Å². The lowest BCUT2D eigenvalue weighted by Crippen LogP contribution is -2.16. The molecular formula is C16H17NO3. The quantitative estimate of drug-likeness (QED) is 0.897. The number of ether oxygens (including phenoxy) is 2. The van der Waals surface area contributed by atoms with Crippen LogP contribution in [0.3, 0.4) is 0 Å². The third-order valence-electron chi connectivity index (χ3n) is 3.22. The highest BCUT2D eigenvalue weighted by Gasteiger charge is 2.15. The Hall–Kier alpha value is -2.20. The van der Waals surface area contributed by atoms with Crippen molar-refractivity contribution in [2.75, 3.05) is 25.1 Å². The Labute approximate surface area is 118 Å². The Morgan fingerprint density at radius 2 is 1.75 bits per heavy atom. The molecular weight excluding hydrogens is 254 g/mol. The summed E-state index contributed by atoms with van der Waals surface area (Å²) in [5.74, 6) is 1.44. The van der Waals surface area contributed by atoms with Crippen LogP contribution >= 0.6 is 0 Å². The number of aliphatic hydroxyl groups excluding tert-OH is 1. The average Bonchev–Trinajstić information content (AvgIpc) is 2.53. The van der Waals surface area contributed by atoms with E-state index < -0.39 is 6.10 Å². The van der Waals surface area contributed by atoms with E-state index in [0.717, 1.165) is 17.0 Å². The summed E-state index contributed by atoms with van der Waals surface area (Å²) < 4.78 is 11.0. The SMILES string of the molecule is OC(CNc1ccccc1)c1ccc2c(c1)OCCO2. The second-order valence-electron chi connectivity index (χ2n) is 4.67. The zero-order valence-corrected chi connectivity index (χ0v) is 11.1. The molecule has 1 aliphatic rings. The van der Waals surface area contributed by atoms with Crippen LogP contribution in [0.15, 0.2) is 48.5 Å². The summed E-state index contributed by atoms with van der Waals surface area (Å²) in [7, 11) is 0. The van der Waals surface area contributed by atoms with Gasteiger partial charge in [-0.1, -0.05) is 24.3 Å². The first kappa shape index (κ1) is 12.8. The summed E-state index contributed by atoms with van der Waals surface area (Å²) in [6.45, 7) is 1.57. The van der Waals surface area contributed by atoms with Gasteiger partial charge in [-0.05, 0) is 29.8 Å². The summed E-state index contributed by atoms with van der Waals surface area (Å²) >= 11 is 0.